The molecule has 1 heterocycles. The first-order chi connectivity index (χ1) is 12.0. The number of halogens is 1. The molecule has 1 saturated heterocycles. The van der Waals surface area contributed by atoms with Gasteiger partial charge in [0.1, 0.15) is 0 Å². The summed E-state index contributed by atoms with van der Waals surface area (Å²) in [4.78, 5) is 28.5. The Morgan fingerprint density at radius 2 is 1.52 bits per heavy atom. The van der Waals surface area contributed by atoms with Gasteiger partial charge in [0.15, 0.2) is 0 Å². The first-order valence-electron chi connectivity index (χ1n) is 8.20. The standard InChI is InChI=1S/C19H20ClN3O2/c20-15-7-5-14(6-8-15)13-18(24)22-9-11-23(12-10-22)19(25)16-3-1-2-4-17(16)21/h1-8H,9-13,21H2. The van der Waals surface area contributed by atoms with Crippen LogP contribution in [0.25, 0.3) is 0 Å². The van der Waals surface area contributed by atoms with Gasteiger partial charge in [0.05, 0.1) is 12.0 Å². The Bertz CT molecular complexity index is 768. The summed E-state index contributed by atoms with van der Waals surface area (Å²) in [5.74, 6) is -0.0171. The first-order valence-corrected chi connectivity index (χ1v) is 8.58. The van der Waals surface area contributed by atoms with Crippen LogP contribution in [-0.4, -0.2) is 47.8 Å². The van der Waals surface area contributed by atoms with E-state index in [4.69, 9.17) is 17.3 Å². The highest BCUT2D eigenvalue weighted by Crippen LogP contribution is 2.16. The van der Waals surface area contributed by atoms with E-state index < -0.39 is 0 Å². The molecule has 3 rings (SSSR count). The van der Waals surface area contributed by atoms with Crippen LogP contribution < -0.4 is 5.73 Å². The van der Waals surface area contributed by atoms with Gasteiger partial charge in [-0.3, -0.25) is 9.59 Å². The minimum absolute atomic E-state index is 0.0636. The minimum Gasteiger partial charge on any atom is -0.398 e. The topological polar surface area (TPSA) is 66.6 Å². The summed E-state index contributed by atoms with van der Waals surface area (Å²) in [6, 6.07) is 14.3. The van der Waals surface area contributed by atoms with Crippen molar-refractivity contribution in [3.8, 4) is 0 Å². The molecule has 5 nitrogen and oxygen atoms in total. The van der Waals surface area contributed by atoms with Crippen LogP contribution in [0.15, 0.2) is 48.5 Å². The Morgan fingerprint density at radius 1 is 0.920 bits per heavy atom. The number of hydrogen-bond acceptors (Lipinski definition) is 3. The van der Waals surface area contributed by atoms with Crippen LogP contribution >= 0.6 is 11.6 Å². The molecule has 2 amide bonds. The fourth-order valence-corrected chi connectivity index (χ4v) is 3.04. The fourth-order valence-electron chi connectivity index (χ4n) is 2.91. The van der Waals surface area contributed by atoms with Crippen molar-refractivity contribution in [2.24, 2.45) is 0 Å². The molecule has 0 saturated carbocycles. The zero-order valence-electron chi connectivity index (χ0n) is 13.8. The molecule has 0 bridgehead atoms. The molecular weight excluding hydrogens is 338 g/mol. The summed E-state index contributed by atoms with van der Waals surface area (Å²) in [6.45, 7) is 2.09. The van der Waals surface area contributed by atoms with E-state index in [2.05, 4.69) is 0 Å². The lowest BCUT2D eigenvalue weighted by Crippen LogP contribution is -2.51. The van der Waals surface area contributed by atoms with Gasteiger partial charge < -0.3 is 15.5 Å². The highest BCUT2D eigenvalue weighted by molar-refractivity contribution is 6.30. The lowest BCUT2D eigenvalue weighted by molar-refractivity contribution is -0.131. The quantitative estimate of drug-likeness (QED) is 0.858. The summed E-state index contributed by atoms with van der Waals surface area (Å²) < 4.78 is 0. The molecule has 0 aromatic heterocycles. The van der Waals surface area contributed by atoms with Crippen LogP contribution in [0.2, 0.25) is 5.02 Å². The van der Waals surface area contributed by atoms with Gasteiger partial charge in [0.25, 0.3) is 5.91 Å². The Hall–Kier alpha value is -2.53. The molecule has 6 heteroatoms. The summed E-state index contributed by atoms with van der Waals surface area (Å²) in [6.07, 6.45) is 0.344. The normalized spacial score (nSPS) is 14.4. The molecule has 0 radical (unpaired) electrons. The molecule has 0 spiro atoms. The van der Waals surface area contributed by atoms with E-state index in [-0.39, 0.29) is 11.8 Å². The third-order valence-electron chi connectivity index (χ3n) is 4.38. The number of nitrogens with two attached hydrogens (primary N) is 1. The highest BCUT2D eigenvalue weighted by Gasteiger charge is 2.25. The number of benzene rings is 2. The molecule has 2 N–H and O–H groups in total. The smallest absolute Gasteiger partial charge is 0.256 e. The average molecular weight is 358 g/mol. The van der Waals surface area contributed by atoms with Gasteiger partial charge in [-0.1, -0.05) is 35.9 Å². The van der Waals surface area contributed by atoms with E-state index in [9.17, 15) is 9.59 Å². The molecule has 0 aliphatic carbocycles. The van der Waals surface area contributed by atoms with Crippen molar-refractivity contribution in [3.63, 3.8) is 0 Å². The van der Waals surface area contributed by atoms with Gasteiger partial charge in [-0.05, 0) is 29.8 Å². The minimum atomic E-state index is -0.0806. The second-order valence-electron chi connectivity index (χ2n) is 6.06. The number of nitrogens with zero attached hydrogens (tertiary/aromatic N) is 2. The van der Waals surface area contributed by atoms with Gasteiger partial charge in [0.2, 0.25) is 5.91 Å². The fraction of sp³-hybridized carbons (Fsp3) is 0.263. The lowest BCUT2D eigenvalue weighted by Gasteiger charge is -2.35. The summed E-state index contributed by atoms with van der Waals surface area (Å²) >= 11 is 5.86. The van der Waals surface area contributed by atoms with Crippen LogP contribution in [0.5, 0.6) is 0 Å². The van der Waals surface area contributed by atoms with Crippen LogP contribution in [0.3, 0.4) is 0 Å². The first kappa shape index (κ1) is 17.3. The van der Waals surface area contributed by atoms with Crippen LogP contribution in [-0.2, 0) is 11.2 Å². The maximum Gasteiger partial charge on any atom is 0.256 e. The third kappa shape index (κ3) is 4.12. The molecule has 25 heavy (non-hydrogen) atoms. The number of carbonyl (C=O) groups is 2. The van der Waals surface area contributed by atoms with Crippen molar-refractivity contribution in [1.82, 2.24) is 9.80 Å². The monoisotopic (exact) mass is 357 g/mol. The van der Waals surface area contributed by atoms with Crippen molar-refractivity contribution in [3.05, 3.63) is 64.7 Å². The van der Waals surface area contributed by atoms with Crippen molar-refractivity contribution in [1.29, 1.82) is 0 Å². The number of piperazine rings is 1. The molecule has 0 atom stereocenters. The Balaban J connectivity index is 1.56. The van der Waals surface area contributed by atoms with Crippen LogP contribution in [0, 0.1) is 0 Å². The van der Waals surface area contributed by atoms with E-state index >= 15 is 0 Å². The predicted octanol–water partition coefficient (Wildman–Crippen LogP) is 2.45. The zero-order valence-corrected chi connectivity index (χ0v) is 14.6. The molecule has 1 fully saturated rings. The van der Waals surface area contributed by atoms with Crippen molar-refractivity contribution >= 4 is 29.1 Å². The maximum atomic E-state index is 12.5. The maximum absolute atomic E-state index is 12.5. The second-order valence-corrected chi connectivity index (χ2v) is 6.50. The van der Waals surface area contributed by atoms with E-state index in [0.29, 0.717) is 48.9 Å². The third-order valence-corrected chi connectivity index (χ3v) is 4.63. The Morgan fingerprint density at radius 3 is 2.16 bits per heavy atom. The zero-order chi connectivity index (χ0) is 17.8. The van der Waals surface area contributed by atoms with Crippen molar-refractivity contribution < 1.29 is 9.59 Å². The number of amides is 2. The van der Waals surface area contributed by atoms with E-state index in [1.54, 1.807) is 46.2 Å². The Kier molecular flexibility index (Phi) is 5.24. The van der Waals surface area contributed by atoms with Gasteiger partial charge in [0, 0.05) is 36.9 Å². The van der Waals surface area contributed by atoms with Crippen molar-refractivity contribution in [2.45, 2.75) is 6.42 Å². The van der Waals surface area contributed by atoms with Gasteiger partial charge in [-0.25, -0.2) is 0 Å². The van der Waals surface area contributed by atoms with Gasteiger partial charge >= 0.3 is 0 Å². The average Bonchev–Trinajstić information content (AvgIpc) is 2.63. The number of para-hydroxylation sites is 1. The van der Waals surface area contributed by atoms with E-state index in [1.807, 2.05) is 12.1 Å². The molecule has 1 aliphatic heterocycles. The summed E-state index contributed by atoms with van der Waals surface area (Å²) in [5, 5.41) is 0.656. The second kappa shape index (κ2) is 7.57. The molecule has 2 aromatic carbocycles. The Labute approximate surface area is 152 Å². The summed E-state index contributed by atoms with van der Waals surface area (Å²) in [7, 11) is 0. The van der Waals surface area contributed by atoms with Crippen LogP contribution in [0.1, 0.15) is 15.9 Å². The predicted molar refractivity (Wildman–Crippen MR) is 98.5 cm³/mol. The van der Waals surface area contributed by atoms with Crippen molar-refractivity contribution in [2.75, 3.05) is 31.9 Å². The molecule has 0 unspecified atom stereocenters. The number of anilines is 1. The van der Waals surface area contributed by atoms with Gasteiger partial charge in [-0.15, -0.1) is 0 Å². The highest BCUT2D eigenvalue weighted by atomic mass is 35.5. The van der Waals surface area contributed by atoms with E-state index in [1.165, 1.54) is 0 Å². The number of carbonyl (C=O) groups excluding carboxylic acids is 2. The molecular formula is C19H20ClN3O2. The van der Waals surface area contributed by atoms with Crippen LogP contribution in [0.4, 0.5) is 5.69 Å². The molecule has 2 aromatic rings. The summed E-state index contributed by atoms with van der Waals surface area (Å²) in [5.41, 5.74) is 7.81. The molecule has 130 valence electrons. The van der Waals surface area contributed by atoms with E-state index in [0.717, 1.165) is 5.56 Å². The SMILES string of the molecule is Nc1ccccc1C(=O)N1CCN(C(=O)Cc2ccc(Cl)cc2)CC1. The number of rotatable bonds is 3. The largest absolute Gasteiger partial charge is 0.398 e. The number of hydrogen-bond donors (Lipinski definition) is 1. The molecule has 1 aliphatic rings. The number of nitrogen functional groups attached to an aromatic ring is 1. The lowest BCUT2D eigenvalue weighted by atomic mass is 10.1. The van der Waals surface area contributed by atoms with Gasteiger partial charge in [-0.2, -0.15) is 0 Å².